The molecule has 1 heterocycles. The van der Waals surface area contributed by atoms with Crippen molar-refractivity contribution in [1.29, 1.82) is 0 Å². The van der Waals surface area contributed by atoms with Gasteiger partial charge in [0.2, 0.25) is 0 Å². The molecule has 0 aliphatic carbocycles. The van der Waals surface area contributed by atoms with Gasteiger partial charge in [0, 0.05) is 22.3 Å². The fourth-order valence-electron chi connectivity index (χ4n) is 2.11. The Bertz CT molecular complexity index is 853. The first-order valence-electron chi connectivity index (χ1n) is 7.10. The minimum Gasteiger partial charge on any atom is -0.394 e. The Balaban J connectivity index is 2.32. The second-order valence-corrected chi connectivity index (χ2v) is 7.21. The van der Waals surface area contributed by atoms with Crippen LogP contribution in [0, 0.1) is 0 Å². The summed E-state index contributed by atoms with van der Waals surface area (Å²) >= 11 is 6.13. The minimum atomic E-state index is -4.39. The zero-order chi connectivity index (χ0) is 18.6. The molecule has 25 heavy (non-hydrogen) atoms. The average Bonchev–Trinajstić information content (AvgIpc) is 2.53. The van der Waals surface area contributed by atoms with Gasteiger partial charge in [0.15, 0.2) is 0 Å². The summed E-state index contributed by atoms with van der Waals surface area (Å²) in [6.45, 7) is -0.710. The summed E-state index contributed by atoms with van der Waals surface area (Å²) in [6.07, 6.45) is -0.461. The van der Waals surface area contributed by atoms with Gasteiger partial charge < -0.3 is 25.4 Å². The quantitative estimate of drug-likeness (QED) is 0.505. The Morgan fingerprint density at radius 2 is 2.00 bits per heavy atom. The lowest BCUT2D eigenvalue weighted by Gasteiger charge is -2.18. The van der Waals surface area contributed by atoms with Crippen LogP contribution < -0.4 is 11.4 Å². The van der Waals surface area contributed by atoms with Crippen molar-refractivity contribution >= 4 is 25.0 Å². The van der Waals surface area contributed by atoms with E-state index in [9.17, 15) is 14.5 Å². The largest absolute Gasteiger partial charge is 0.394 e. The van der Waals surface area contributed by atoms with Gasteiger partial charge in [0.05, 0.1) is 19.3 Å². The summed E-state index contributed by atoms with van der Waals surface area (Å²) in [5, 5.41) is 9.72. The number of nitrogens with two attached hydrogens (primary N) is 1. The summed E-state index contributed by atoms with van der Waals surface area (Å²) in [5.74, 6) is -0.00830. The van der Waals surface area contributed by atoms with Crippen molar-refractivity contribution in [2.24, 2.45) is 0 Å². The van der Waals surface area contributed by atoms with Crippen LogP contribution in [-0.2, 0) is 15.8 Å². The third-order valence-electron chi connectivity index (χ3n) is 3.27. The van der Waals surface area contributed by atoms with Gasteiger partial charge >= 0.3 is 13.3 Å². The molecule has 9 nitrogen and oxygen atoms in total. The Kier molecular flexibility index (Phi) is 6.34. The van der Waals surface area contributed by atoms with Gasteiger partial charge in [0.25, 0.3) is 0 Å². The molecule has 0 saturated carbocycles. The number of aliphatic hydroxyl groups is 1. The van der Waals surface area contributed by atoms with Crippen molar-refractivity contribution in [1.82, 2.24) is 9.55 Å². The summed E-state index contributed by atoms with van der Waals surface area (Å²) in [6, 6.07) is 6.85. The maximum atomic E-state index is 12.0. The fraction of sp³-hybridized carbons (Fsp3) is 0.286. The SMILES string of the molecule is Nc1nc(=O)n(C[C@@H](CO)OCP(=O)(O)O)cc1-c1ccccc1Cl. The maximum absolute atomic E-state index is 12.0. The van der Waals surface area contributed by atoms with E-state index < -0.39 is 32.3 Å². The molecule has 0 radical (unpaired) electrons. The third-order valence-corrected chi connectivity index (χ3v) is 4.08. The molecule has 5 N–H and O–H groups in total. The molecule has 1 atom stereocenters. The van der Waals surface area contributed by atoms with Crippen LogP contribution in [0.2, 0.25) is 5.02 Å². The predicted octanol–water partition coefficient (Wildman–Crippen LogP) is 0.659. The van der Waals surface area contributed by atoms with E-state index in [4.69, 9.17) is 31.9 Å². The molecule has 0 unspecified atom stereocenters. The maximum Gasteiger partial charge on any atom is 0.350 e. The summed E-state index contributed by atoms with van der Waals surface area (Å²) in [4.78, 5) is 33.4. The van der Waals surface area contributed by atoms with Crippen LogP contribution in [0.4, 0.5) is 5.82 Å². The smallest absolute Gasteiger partial charge is 0.350 e. The van der Waals surface area contributed by atoms with E-state index in [-0.39, 0.29) is 12.4 Å². The first-order valence-corrected chi connectivity index (χ1v) is 9.27. The molecule has 0 bridgehead atoms. The van der Waals surface area contributed by atoms with Gasteiger partial charge in [-0.1, -0.05) is 29.8 Å². The van der Waals surface area contributed by atoms with Crippen molar-refractivity contribution in [2.45, 2.75) is 12.6 Å². The highest BCUT2D eigenvalue weighted by Crippen LogP contribution is 2.34. The number of anilines is 1. The van der Waals surface area contributed by atoms with Gasteiger partial charge in [-0.15, -0.1) is 0 Å². The number of aromatic nitrogens is 2. The Labute approximate surface area is 147 Å². The van der Waals surface area contributed by atoms with E-state index in [1.807, 2.05) is 0 Å². The van der Waals surface area contributed by atoms with Gasteiger partial charge in [-0.2, -0.15) is 4.98 Å². The van der Waals surface area contributed by atoms with Gasteiger partial charge in [0.1, 0.15) is 12.2 Å². The van der Waals surface area contributed by atoms with Crippen LogP contribution in [0.3, 0.4) is 0 Å². The molecule has 0 fully saturated rings. The molecule has 1 aromatic heterocycles. The van der Waals surface area contributed by atoms with Crippen LogP contribution in [-0.4, -0.2) is 43.5 Å². The second kappa shape index (κ2) is 8.09. The highest BCUT2D eigenvalue weighted by Gasteiger charge is 2.19. The normalized spacial score (nSPS) is 13.0. The number of nitrogens with zero attached hydrogens (tertiary/aromatic N) is 2. The van der Waals surface area contributed by atoms with Gasteiger partial charge in [-0.25, -0.2) is 4.79 Å². The van der Waals surface area contributed by atoms with Crippen molar-refractivity contribution in [3.05, 3.63) is 46.0 Å². The number of rotatable bonds is 7. The van der Waals surface area contributed by atoms with E-state index in [0.29, 0.717) is 16.1 Å². The Morgan fingerprint density at radius 1 is 1.32 bits per heavy atom. The highest BCUT2D eigenvalue weighted by molar-refractivity contribution is 7.51. The minimum absolute atomic E-state index is 0.00830. The zero-order valence-corrected chi connectivity index (χ0v) is 14.6. The van der Waals surface area contributed by atoms with Crippen molar-refractivity contribution in [3.63, 3.8) is 0 Å². The van der Waals surface area contributed by atoms with Crippen LogP contribution in [0.1, 0.15) is 0 Å². The molecule has 2 aromatic rings. The van der Waals surface area contributed by atoms with Crippen molar-refractivity contribution < 1.29 is 24.2 Å². The molecule has 0 aliphatic rings. The molecule has 2 rings (SSSR count). The standard InChI is InChI=1S/C14H17ClN3O6P/c15-12-4-2-1-3-10(12)11-6-18(14(20)17-13(11)16)5-9(7-19)24-8-25(21,22)23/h1-4,6,9,19H,5,7-8H2,(H2,16,17,20)(H2,21,22,23)/t9-/m0/s1. The second-order valence-electron chi connectivity index (χ2n) is 5.22. The Hall–Kier alpha value is -1.74. The lowest BCUT2D eigenvalue weighted by atomic mass is 10.1. The monoisotopic (exact) mass is 389 g/mol. The number of hydrogen-bond donors (Lipinski definition) is 4. The number of ether oxygens (including phenoxy) is 1. The molecular weight excluding hydrogens is 373 g/mol. The fourth-order valence-corrected chi connectivity index (χ4v) is 2.75. The zero-order valence-electron chi connectivity index (χ0n) is 12.9. The number of halogens is 1. The van der Waals surface area contributed by atoms with E-state index in [2.05, 4.69) is 4.98 Å². The number of benzene rings is 1. The van der Waals surface area contributed by atoms with Gasteiger partial charge in [-0.05, 0) is 6.07 Å². The summed E-state index contributed by atoms with van der Waals surface area (Å²) in [7, 11) is -4.39. The molecule has 136 valence electrons. The van der Waals surface area contributed by atoms with Crippen molar-refractivity contribution in [3.8, 4) is 11.1 Å². The number of nitrogen functional groups attached to an aromatic ring is 1. The van der Waals surface area contributed by atoms with Crippen molar-refractivity contribution in [2.75, 3.05) is 18.7 Å². The molecule has 0 amide bonds. The van der Waals surface area contributed by atoms with Gasteiger partial charge in [-0.3, -0.25) is 9.13 Å². The first kappa shape index (κ1) is 19.6. The summed E-state index contributed by atoms with van der Waals surface area (Å²) < 4.78 is 17.0. The highest BCUT2D eigenvalue weighted by atomic mass is 35.5. The lowest BCUT2D eigenvalue weighted by Crippen LogP contribution is -2.32. The first-order chi connectivity index (χ1) is 11.7. The molecule has 1 aromatic carbocycles. The molecule has 0 saturated heterocycles. The van der Waals surface area contributed by atoms with E-state index in [1.54, 1.807) is 24.3 Å². The molecule has 11 heteroatoms. The number of aliphatic hydroxyl groups excluding tert-OH is 1. The van der Waals surface area contributed by atoms with E-state index in [1.165, 1.54) is 6.20 Å². The van der Waals surface area contributed by atoms with E-state index >= 15 is 0 Å². The van der Waals surface area contributed by atoms with Crippen LogP contribution in [0.25, 0.3) is 11.1 Å². The van der Waals surface area contributed by atoms with Crippen LogP contribution in [0.5, 0.6) is 0 Å². The average molecular weight is 390 g/mol. The number of hydrogen-bond acceptors (Lipinski definition) is 6. The van der Waals surface area contributed by atoms with E-state index in [0.717, 1.165) is 4.57 Å². The molecule has 0 spiro atoms. The Morgan fingerprint density at radius 3 is 2.60 bits per heavy atom. The third kappa shape index (κ3) is 5.37. The summed E-state index contributed by atoms with van der Waals surface area (Å²) in [5.41, 5.74) is 6.10. The predicted molar refractivity (Wildman–Crippen MR) is 92.2 cm³/mol. The van der Waals surface area contributed by atoms with Crippen LogP contribution >= 0.6 is 19.2 Å². The molecule has 0 aliphatic heterocycles. The molecular formula is C14H17ClN3O6P. The van der Waals surface area contributed by atoms with Crippen LogP contribution in [0.15, 0.2) is 35.3 Å². The topological polar surface area (TPSA) is 148 Å². The lowest BCUT2D eigenvalue weighted by molar-refractivity contribution is 0.0189.